The maximum absolute atomic E-state index is 12.4. The Morgan fingerprint density at radius 3 is 2.74 bits per heavy atom. The number of nitrogens with zero attached hydrogens (tertiary/aromatic N) is 1. The van der Waals surface area contributed by atoms with Gasteiger partial charge in [0, 0.05) is 17.7 Å². The monoisotopic (exact) mass is 315 g/mol. The van der Waals surface area contributed by atoms with E-state index in [1.54, 1.807) is 12.1 Å². The van der Waals surface area contributed by atoms with E-state index in [9.17, 15) is 4.79 Å². The van der Waals surface area contributed by atoms with Gasteiger partial charge in [-0.2, -0.15) is 5.10 Å². The second-order valence-electron chi connectivity index (χ2n) is 5.46. The van der Waals surface area contributed by atoms with Crippen molar-refractivity contribution in [3.05, 3.63) is 35.7 Å². The third-order valence-corrected chi connectivity index (χ3v) is 3.66. The number of H-pyrrole nitrogens is 1. The highest BCUT2D eigenvalue weighted by molar-refractivity contribution is 6.03. The SMILES string of the molecule is CCOc1ccc(OCC)c(NC(=O)c2cc(C3CC3)[nH]n2)c1. The highest BCUT2D eigenvalue weighted by atomic mass is 16.5. The van der Waals surface area contributed by atoms with Crippen LogP contribution in [0.1, 0.15) is 48.8 Å². The molecule has 3 rings (SSSR count). The van der Waals surface area contributed by atoms with Crippen LogP contribution in [0.2, 0.25) is 0 Å². The molecule has 2 N–H and O–H groups in total. The number of aromatic nitrogens is 2. The van der Waals surface area contributed by atoms with Gasteiger partial charge in [0.1, 0.15) is 11.5 Å². The molecule has 2 aromatic rings. The van der Waals surface area contributed by atoms with Crippen molar-refractivity contribution in [2.45, 2.75) is 32.6 Å². The van der Waals surface area contributed by atoms with E-state index in [-0.39, 0.29) is 5.91 Å². The lowest BCUT2D eigenvalue weighted by Crippen LogP contribution is -2.13. The van der Waals surface area contributed by atoms with Crippen LogP contribution in [0.15, 0.2) is 24.3 Å². The molecule has 23 heavy (non-hydrogen) atoms. The summed E-state index contributed by atoms with van der Waals surface area (Å²) in [5, 5.41) is 9.89. The number of carbonyl (C=O) groups excluding carboxylic acids is 1. The second-order valence-corrected chi connectivity index (χ2v) is 5.46. The van der Waals surface area contributed by atoms with Gasteiger partial charge in [-0.3, -0.25) is 9.89 Å². The molecule has 0 bridgehead atoms. The zero-order chi connectivity index (χ0) is 16.2. The first kappa shape index (κ1) is 15.4. The molecule has 1 aromatic heterocycles. The van der Waals surface area contributed by atoms with Gasteiger partial charge >= 0.3 is 0 Å². The van der Waals surface area contributed by atoms with Crippen LogP contribution < -0.4 is 14.8 Å². The van der Waals surface area contributed by atoms with Gasteiger partial charge in [0.15, 0.2) is 5.69 Å². The van der Waals surface area contributed by atoms with E-state index in [4.69, 9.17) is 9.47 Å². The number of aromatic amines is 1. The first-order valence-electron chi connectivity index (χ1n) is 7.97. The fourth-order valence-electron chi connectivity index (χ4n) is 2.39. The second kappa shape index (κ2) is 6.73. The van der Waals surface area contributed by atoms with Crippen molar-refractivity contribution in [3.8, 4) is 11.5 Å². The Bertz CT molecular complexity index is 692. The number of carbonyl (C=O) groups is 1. The standard InChI is InChI=1S/C17H21N3O3/c1-3-22-12-7-8-16(23-4-2)14(9-12)18-17(21)15-10-13(19-20-15)11-5-6-11/h7-11H,3-6H2,1-2H3,(H,18,21)(H,19,20). The van der Waals surface area contributed by atoms with Crippen LogP contribution in [-0.2, 0) is 0 Å². The van der Waals surface area contributed by atoms with Crippen molar-refractivity contribution in [1.82, 2.24) is 10.2 Å². The van der Waals surface area contributed by atoms with Crippen molar-refractivity contribution in [1.29, 1.82) is 0 Å². The minimum atomic E-state index is -0.261. The van der Waals surface area contributed by atoms with Gasteiger partial charge in [-0.15, -0.1) is 0 Å². The molecule has 1 aliphatic carbocycles. The third-order valence-electron chi connectivity index (χ3n) is 3.66. The Labute approximate surface area is 135 Å². The van der Waals surface area contributed by atoms with E-state index in [0.717, 1.165) is 18.5 Å². The van der Waals surface area contributed by atoms with Crippen LogP contribution in [0.25, 0.3) is 0 Å². The molecule has 1 amide bonds. The molecule has 6 heteroatoms. The van der Waals surface area contributed by atoms with Crippen molar-refractivity contribution in [2.75, 3.05) is 18.5 Å². The molecule has 1 saturated carbocycles. The molecular weight excluding hydrogens is 294 g/mol. The zero-order valence-corrected chi connectivity index (χ0v) is 13.4. The molecule has 6 nitrogen and oxygen atoms in total. The van der Waals surface area contributed by atoms with Crippen LogP contribution in [-0.4, -0.2) is 29.3 Å². The maximum Gasteiger partial charge on any atom is 0.276 e. The first-order chi connectivity index (χ1) is 11.2. The molecule has 1 heterocycles. The lowest BCUT2D eigenvalue weighted by atomic mass is 10.2. The van der Waals surface area contributed by atoms with Gasteiger partial charge in [0.2, 0.25) is 0 Å². The van der Waals surface area contributed by atoms with E-state index in [0.29, 0.717) is 42.0 Å². The van der Waals surface area contributed by atoms with Gasteiger partial charge < -0.3 is 14.8 Å². The predicted octanol–water partition coefficient (Wildman–Crippen LogP) is 3.34. The Morgan fingerprint density at radius 2 is 2.04 bits per heavy atom. The normalized spacial score (nSPS) is 13.7. The summed E-state index contributed by atoms with van der Waals surface area (Å²) in [5.74, 6) is 1.57. The Morgan fingerprint density at radius 1 is 1.26 bits per heavy atom. The summed E-state index contributed by atoms with van der Waals surface area (Å²) in [7, 11) is 0. The molecule has 1 aliphatic rings. The van der Waals surface area contributed by atoms with E-state index < -0.39 is 0 Å². The van der Waals surface area contributed by atoms with Gasteiger partial charge in [0.05, 0.1) is 18.9 Å². The number of nitrogens with one attached hydrogen (secondary N) is 2. The average Bonchev–Trinajstić information content (AvgIpc) is 3.27. The van der Waals surface area contributed by atoms with Gasteiger partial charge in [-0.05, 0) is 44.9 Å². The highest BCUT2D eigenvalue weighted by Crippen LogP contribution is 2.39. The van der Waals surface area contributed by atoms with E-state index in [1.165, 1.54) is 0 Å². The fraction of sp³-hybridized carbons (Fsp3) is 0.412. The quantitative estimate of drug-likeness (QED) is 0.821. The largest absolute Gasteiger partial charge is 0.494 e. The zero-order valence-electron chi connectivity index (χ0n) is 13.4. The van der Waals surface area contributed by atoms with Crippen LogP contribution in [0.4, 0.5) is 5.69 Å². The first-order valence-corrected chi connectivity index (χ1v) is 7.97. The summed E-state index contributed by atoms with van der Waals surface area (Å²) in [6.07, 6.45) is 2.32. The number of rotatable bonds is 7. The van der Waals surface area contributed by atoms with Gasteiger partial charge in [0.25, 0.3) is 5.91 Å². The predicted molar refractivity (Wildman–Crippen MR) is 87.3 cm³/mol. The van der Waals surface area contributed by atoms with E-state index >= 15 is 0 Å². The topological polar surface area (TPSA) is 76.2 Å². The fourth-order valence-corrected chi connectivity index (χ4v) is 2.39. The number of amides is 1. The third kappa shape index (κ3) is 3.64. The minimum absolute atomic E-state index is 0.261. The van der Waals surface area contributed by atoms with Gasteiger partial charge in [-0.25, -0.2) is 0 Å². The molecule has 0 atom stereocenters. The summed E-state index contributed by atoms with van der Waals surface area (Å²) in [6, 6.07) is 7.20. The van der Waals surface area contributed by atoms with Crippen LogP contribution in [0.5, 0.6) is 11.5 Å². The van der Waals surface area contributed by atoms with Crippen LogP contribution >= 0.6 is 0 Å². The molecule has 122 valence electrons. The number of hydrogen-bond acceptors (Lipinski definition) is 4. The smallest absolute Gasteiger partial charge is 0.276 e. The Balaban J connectivity index is 1.78. The molecule has 0 radical (unpaired) electrons. The highest BCUT2D eigenvalue weighted by Gasteiger charge is 2.26. The number of benzene rings is 1. The van der Waals surface area contributed by atoms with Crippen molar-refractivity contribution >= 4 is 11.6 Å². The summed E-state index contributed by atoms with van der Waals surface area (Å²) >= 11 is 0. The van der Waals surface area contributed by atoms with Crippen molar-refractivity contribution < 1.29 is 14.3 Å². The molecule has 1 aromatic carbocycles. The molecular formula is C17H21N3O3. The van der Waals surface area contributed by atoms with Crippen LogP contribution in [0, 0.1) is 0 Å². The van der Waals surface area contributed by atoms with Crippen molar-refractivity contribution in [3.63, 3.8) is 0 Å². The summed E-state index contributed by atoms with van der Waals surface area (Å²) in [5.41, 5.74) is 2.00. The number of anilines is 1. The van der Waals surface area contributed by atoms with Crippen molar-refractivity contribution in [2.24, 2.45) is 0 Å². The summed E-state index contributed by atoms with van der Waals surface area (Å²) < 4.78 is 11.0. The molecule has 0 aliphatic heterocycles. The molecule has 1 fully saturated rings. The summed E-state index contributed by atoms with van der Waals surface area (Å²) in [4.78, 5) is 12.4. The average molecular weight is 315 g/mol. The Kier molecular flexibility index (Phi) is 4.50. The van der Waals surface area contributed by atoms with E-state index in [2.05, 4.69) is 15.5 Å². The molecule has 0 spiro atoms. The Hall–Kier alpha value is -2.50. The number of ether oxygens (including phenoxy) is 2. The molecule has 0 unspecified atom stereocenters. The van der Waals surface area contributed by atoms with Gasteiger partial charge in [-0.1, -0.05) is 0 Å². The summed E-state index contributed by atoms with van der Waals surface area (Å²) in [6.45, 7) is 4.89. The van der Waals surface area contributed by atoms with E-state index in [1.807, 2.05) is 26.0 Å². The maximum atomic E-state index is 12.4. The number of hydrogen-bond donors (Lipinski definition) is 2. The van der Waals surface area contributed by atoms with Crippen LogP contribution in [0.3, 0.4) is 0 Å². The molecule has 0 saturated heterocycles. The lowest BCUT2D eigenvalue weighted by Gasteiger charge is -2.13. The minimum Gasteiger partial charge on any atom is -0.494 e. The lowest BCUT2D eigenvalue weighted by molar-refractivity contribution is 0.102.